The fraction of sp³-hybridized carbons (Fsp3) is 0.148. The molecule has 0 bridgehead atoms. The van der Waals surface area contributed by atoms with E-state index in [2.05, 4.69) is 27.3 Å². The van der Waals surface area contributed by atoms with Gasteiger partial charge in [0.15, 0.2) is 0 Å². The molecule has 0 aliphatic carbocycles. The lowest BCUT2D eigenvalue weighted by Gasteiger charge is -2.25. The van der Waals surface area contributed by atoms with E-state index >= 15 is 0 Å². The van der Waals surface area contributed by atoms with E-state index in [1.54, 1.807) is 59.6 Å². The lowest BCUT2D eigenvalue weighted by molar-refractivity contribution is 0.587. The van der Waals surface area contributed by atoms with Crippen molar-refractivity contribution in [2.75, 3.05) is 22.2 Å². The van der Waals surface area contributed by atoms with Gasteiger partial charge in [0.25, 0.3) is 0 Å². The number of anilines is 2. The van der Waals surface area contributed by atoms with Gasteiger partial charge in [-0.1, -0.05) is 93.8 Å². The van der Waals surface area contributed by atoms with Crippen LogP contribution in [0, 0.1) is 0 Å². The summed E-state index contributed by atoms with van der Waals surface area (Å²) in [4.78, 5) is 2.13. The van der Waals surface area contributed by atoms with Gasteiger partial charge in [0.1, 0.15) is 0 Å². The number of alkyl halides is 1. The summed E-state index contributed by atoms with van der Waals surface area (Å²) in [5.41, 5.74) is 8.86. The average molecular weight is 702 g/mol. The minimum Gasteiger partial charge on any atom is -0.398 e. The molecule has 3 N–H and O–H groups in total. The molecule has 4 aromatic carbocycles. The van der Waals surface area contributed by atoms with Crippen LogP contribution in [0.3, 0.4) is 0 Å². The molecule has 6 nitrogen and oxygen atoms in total. The van der Waals surface area contributed by atoms with Gasteiger partial charge in [-0.2, -0.15) is 5.10 Å². The largest absolute Gasteiger partial charge is 0.398 e. The Morgan fingerprint density at radius 3 is 2.32 bits per heavy atom. The molecule has 38 heavy (non-hydrogen) atoms. The Bertz CT molecular complexity index is 1600. The number of benzene rings is 4. The fourth-order valence-corrected chi connectivity index (χ4v) is 6.17. The Morgan fingerprint density at radius 1 is 0.947 bits per heavy atom. The fourth-order valence-electron chi connectivity index (χ4n) is 4.31. The van der Waals surface area contributed by atoms with Crippen LogP contribution in [0.5, 0.6) is 0 Å². The normalized spacial score (nSPS) is 15.2. The van der Waals surface area contributed by atoms with Crippen molar-refractivity contribution >= 4 is 95.3 Å². The van der Waals surface area contributed by atoms with Crippen molar-refractivity contribution in [2.45, 2.75) is 17.4 Å². The zero-order valence-corrected chi connectivity index (χ0v) is 25.4. The molecule has 0 saturated heterocycles. The lowest BCUT2D eigenvalue weighted by atomic mass is 10.0. The van der Waals surface area contributed by atoms with Gasteiger partial charge < -0.3 is 5.73 Å². The summed E-state index contributed by atoms with van der Waals surface area (Å²) in [6, 6.07) is 22.7. The summed E-state index contributed by atoms with van der Waals surface area (Å²) < 4.78 is 29.3. The molecule has 0 saturated carbocycles. The Balaban J connectivity index is 0.00000164. The molecule has 11 heteroatoms. The summed E-state index contributed by atoms with van der Waals surface area (Å²) in [6.45, 7) is 0.0346. The number of sulfonamides is 1. The van der Waals surface area contributed by atoms with Crippen LogP contribution in [0.1, 0.15) is 18.0 Å². The Kier molecular flexibility index (Phi) is 9.44. The summed E-state index contributed by atoms with van der Waals surface area (Å²) in [5.74, 6) is 0. The summed E-state index contributed by atoms with van der Waals surface area (Å²) in [5, 5.41) is 9.37. The van der Waals surface area contributed by atoms with Crippen molar-refractivity contribution in [3.05, 3.63) is 99.5 Å². The number of nitrogen functional groups attached to an aromatic ring is 1. The van der Waals surface area contributed by atoms with E-state index in [1.807, 2.05) is 29.2 Å². The van der Waals surface area contributed by atoms with Crippen LogP contribution in [-0.2, 0) is 10.0 Å². The first-order valence-corrected chi connectivity index (χ1v) is 16.2. The van der Waals surface area contributed by atoms with Gasteiger partial charge in [0.05, 0.1) is 33.9 Å². The first-order chi connectivity index (χ1) is 18.2. The van der Waals surface area contributed by atoms with Gasteiger partial charge in [-0.25, -0.2) is 13.1 Å². The lowest BCUT2D eigenvalue weighted by Crippen LogP contribution is -2.29. The second-order valence-corrected chi connectivity index (χ2v) is 11.4. The van der Waals surface area contributed by atoms with Crippen LogP contribution in [0.4, 0.5) is 11.4 Å². The smallest absolute Gasteiger partial charge is 0.241 e. The molecule has 0 radical (unpaired) electrons. The second-order valence-electron chi connectivity index (χ2n) is 8.40. The highest BCUT2D eigenvalue weighted by atomic mass is 127. The van der Waals surface area contributed by atoms with Crippen molar-refractivity contribution in [2.24, 2.45) is 5.10 Å². The molecular weight excluding hydrogens is 678 g/mol. The zero-order chi connectivity index (χ0) is 27.4. The Morgan fingerprint density at radius 2 is 1.61 bits per heavy atom. The minimum atomic E-state index is -3.84. The highest BCUT2D eigenvalue weighted by Crippen LogP contribution is 2.40. The third-order valence-electron chi connectivity index (χ3n) is 6.06. The van der Waals surface area contributed by atoms with Crippen LogP contribution >= 0.6 is 57.4 Å². The van der Waals surface area contributed by atoms with Crippen molar-refractivity contribution in [3.8, 4) is 0 Å². The zero-order valence-electron chi connectivity index (χ0n) is 20.2. The highest BCUT2D eigenvalue weighted by Gasteiger charge is 2.31. The van der Waals surface area contributed by atoms with Crippen LogP contribution in [0.15, 0.2) is 88.9 Å². The van der Waals surface area contributed by atoms with Crippen LogP contribution < -0.4 is 15.5 Å². The van der Waals surface area contributed by atoms with Gasteiger partial charge >= 0.3 is 0 Å². The Hall–Kier alpha value is -2.08. The number of fused-ring (bicyclic) bond motifs is 1. The minimum absolute atomic E-state index is 0.0346. The topological polar surface area (TPSA) is 87.8 Å². The number of halogens is 4. The highest BCUT2D eigenvalue weighted by molar-refractivity contribution is 14.1. The maximum atomic E-state index is 13.3. The maximum absolute atomic E-state index is 13.3. The molecule has 1 aliphatic rings. The molecule has 1 atom stereocenters. The van der Waals surface area contributed by atoms with Crippen molar-refractivity contribution in [3.63, 3.8) is 0 Å². The van der Waals surface area contributed by atoms with Crippen LogP contribution in [0.25, 0.3) is 10.8 Å². The van der Waals surface area contributed by atoms with Crippen LogP contribution in [-0.4, -0.2) is 25.6 Å². The van der Waals surface area contributed by atoms with Crippen molar-refractivity contribution in [1.29, 1.82) is 0 Å². The molecule has 0 amide bonds. The molecule has 0 spiro atoms. The van der Waals surface area contributed by atoms with Crippen molar-refractivity contribution < 1.29 is 8.42 Å². The molecule has 5 rings (SSSR count). The van der Waals surface area contributed by atoms with Crippen LogP contribution in [0.2, 0.25) is 15.1 Å². The molecule has 198 valence electrons. The van der Waals surface area contributed by atoms with E-state index in [0.717, 1.165) is 5.56 Å². The van der Waals surface area contributed by atoms with E-state index < -0.39 is 10.0 Å². The predicted octanol–water partition coefficient (Wildman–Crippen LogP) is 7.72. The van der Waals surface area contributed by atoms with Gasteiger partial charge in [0, 0.05) is 32.9 Å². The number of hydrogen-bond acceptors (Lipinski definition) is 5. The quantitative estimate of drug-likeness (QED) is 0.123. The van der Waals surface area contributed by atoms with E-state index in [-0.39, 0.29) is 17.5 Å². The molecule has 1 aliphatic heterocycles. The number of nitrogens with zero attached hydrogens (tertiary/aromatic N) is 2. The van der Waals surface area contributed by atoms with Gasteiger partial charge in [-0.15, -0.1) is 0 Å². The number of hydrogen-bond donors (Lipinski definition) is 2. The number of hydrazone groups is 1. The Labute approximate surface area is 250 Å². The third-order valence-corrected chi connectivity index (χ3v) is 8.31. The second kappa shape index (κ2) is 12.4. The number of rotatable bonds is 6. The van der Waals surface area contributed by atoms with Gasteiger partial charge in [-0.3, -0.25) is 5.01 Å². The molecular formula is C27H24Cl3IN4O2S. The molecule has 4 aromatic rings. The first kappa shape index (κ1) is 28.9. The predicted molar refractivity (Wildman–Crippen MR) is 169 cm³/mol. The van der Waals surface area contributed by atoms with E-state index in [9.17, 15) is 8.42 Å². The number of nitrogens with two attached hydrogens (primary N) is 1. The van der Waals surface area contributed by atoms with Gasteiger partial charge in [0.2, 0.25) is 10.0 Å². The summed E-state index contributed by atoms with van der Waals surface area (Å²) in [6.07, 6.45) is 0.492. The van der Waals surface area contributed by atoms with E-state index in [1.165, 1.54) is 0 Å². The average Bonchev–Trinajstić information content (AvgIpc) is 3.33. The monoisotopic (exact) mass is 700 g/mol. The van der Waals surface area contributed by atoms with Gasteiger partial charge in [-0.05, 0) is 53.0 Å². The first-order valence-electron chi connectivity index (χ1n) is 11.4. The van der Waals surface area contributed by atoms with Crippen molar-refractivity contribution in [1.82, 2.24) is 4.72 Å². The molecule has 1 heterocycles. The molecule has 1 unspecified atom stereocenters. The molecule has 0 aromatic heterocycles. The summed E-state index contributed by atoms with van der Waals surface area (Å²) in [7, 11) is -3.84. The maximum Gasteiger partial charge on any atom is 0.241 e. The van der Waals surface area contributed by atoms with E-state index in [0.29, 0.717) is 49.3 Å². The third kappa shape index (κ3) is 6.21. The summed E-state index contributed by atoms with van der Waals surface area (Å²) >= 11 is 20.8. The van der Waals surface area contributed by atoms with E-state index in [4.69, 9.17) is 45.6 Å². The SMILES string of the molecule is CI.Nc1cccc2c(S(=O)(=O)NCC3=NN(c4ccc(Cl)cc4Cl)C(c4ccc(Cl)cc4)C3)cccc12. The number of nitrogens with one attached hydrogen (secondary N) is 1. The standard InChI is InChI=1S/C26H21Cl3N4O2S.CH3I/c27-17-9-7-16(8-10-17)25-14-19(32-33(25)24-12-11-18(28)13-22(24)29)15-31-36(34,35)26-6-2-3-20-21(26)4-1-5-23(20)30;1-2/h1-13,25,31H,14-15,30H2;1H3. The molecule has 0 fully saturated rings.